The van der Waals surface area contributed by atoms with Crippen molar-refractivity contribution >= 4 is 5.97 Å². The Kier molecular flexibility index (Phi) is 3.73. The summed E-state index contributed by atoms with van der Waals surface area (Å²) in [6.45, 7) is 6.31. The Labute approximate surface area is 124 Å². The average Bonchev–Trinajstić information content (AvgIpc) is 2.90. The third-order valence-corrected chi connectivity index (χ3v) is 3.70. The summed E-state index contributed by atoms with van der Waals surface area (Å²) >= 11 is 0. The van der Waals surface area contributed by atoms with Crippen LogP contribution in [0.5, 0.6) is 0 Å². The van der Waals surface area contributed by atoms with Gasteiger partial charge in [0.05, 0.1) is 0 Å². The van der Waals surface area contributed by atoms with Crippen molar-refractivity contribution in [1.82, 2.24) is 10.1 Å². The van der Waals surface area contributed by atoms with E-state index in [0.717, 1.165) is 32.3 Å². The number of carbonyl (C=O) groups excluding carboxylic acids is 1. The molecule has 0 bridgehead atoms. The lowest BCUT2D eigenvalue weighted by molar-refractivity contribution is -0.158. The molecule has 2 heterocycles. The second-order valence-electron chi connectivity index (χ2n) is 6.84. The summed E-state index contributed by atoms with van der Waals surface area (Å²) < 4.78 is 16.4. The van der Waals surface area contributed by atoms with Crippen LogP contribution in [0.15, 0.2) is 4.52 Å². The van der Waals surface area contributed by atoms with Gasteiger partial charge < -0.3 is 14.0 Å². The van der Waals surface area contributed by atoms with Crippen LogP contribution in [-0.4, -0.2) is 28.3 Å². The lowest BCUT2D eigenvalue weighted by atomic mass is 10.0. The zero-order valence-electron chi connectivity index (χ0n) is 12.8. The molecule has 0 amide bonds. The minimum absolute atomic E-state index is 0.0963. The molecule has 0 radical (unpaired) electrons. The molecule has 2 atom stereocenters. The van der Waals surface area contributed by atoms with E-state index in [1.54, 1.807) is 0 Å². The van der Waals surface area contributed by atoms with Gasteiger partial charge in [-0.2, -0.15) is 4.98 Å². The van der Waals surface area contributed by atoms with Crippen molar-refractivity contribution in [3.05, 3.63) is 11.7 Å². The van der Waals surface area contributed by atoms with E-state index in [2.05, 4.69) is 10.1 Å². The summed E-state index contributed by atoms with van der Waals surface area (Å²) in [4.78, 5) is 16.8. The van der Waals surface area contributed by atoms with E-state index >= 15 is 0 Å². The monoisotopic (exact) mass is 294 g/mol. The SMILES string of the molecule is CC(C)(C)OC(=O)C(c1nc(C2CCCO2)no1)C1CC1. The Morgan fingerprint density at radius 2 is 2.10 bits per heavy atom. The molecule has 1 aromatic rings. The summed E-state index contributed by atoms with van der Waals surface area (Å²) in [7, 11) is 0. The minimum atomic E-state index is -0.512. The number of nitrogens with zero attached hydrogens (tertiary/aromatic N) is 2. The van der Waals surface area contributed by atoms with Crippen LogP contribution in [0.4, 0.5) is 0 Å². The van der Waals surface area contributed by atoms with Crippen LogP contribution in [0.3, 0.4) is 0 Å². The molecule has 6 heteroatoms. The fourth-order valence-corrected chi connectivity index (χ4v) is 2.58. The highest BCUT2D eigenvalue weighted by Crippen LogP contribution is 2.43. The van der Waals surface area contributed by atoms with Crippen LogP contribution in [0, 0.1) is 5.92 Å². The molecule has 6 nitrogen and oxygen atoms in total. The molecule has 116 valence electrons. The van der Waals surface area contributed by atoms with E-state index in [1.165, 1.54) is 0 Å². The van der Waals surface area contributed by atoms with E-state index in [4.69, 9.17) is 14.0 Å². The topological polar surface area (TPSA) is 74.5 Å². The summed E-state index contributed by atoms with van der Waals surface area (Å²) in [6, 6.07) is 0. The predicted molar refractivity (Wildman–Crippen MR) is 73.5 cm³/mol. The fraction of sp³-hybridized carbons (Fsp3) is 0.800. The Balaban J connectivity index is 1.76. The summed E-state index contributed by atoms with van der Waals surface area (Å²) in [5.74, 6) is 0.478. The van der Waals surface area contributed by atoms with Crippen molar-refractivity contribution in [3.8, 4) is 0 Å². The van der Waals surface area contributed by atoms with Gasteiger partial charge in [0.15, 0.2) is 0 Å². The normalized spacial score (nSPS) is 24.0. The molecular formula is C15H22N2O4. The standard InChI is InChI=1S/C15H22N2O4/c1-15(2,3)20-14(18)11(9-6-7-9)13-16-12(17-21-13)10-5-4-8-19-10/h9-11H,4-8H2,1-3H3. The van der Waals surface area contributed by atoms with Crippen molar-refractivity contribution in [1.29, 1.82) is 0 Å². The number of hydrogen-bond acceptors (Lipinski definition) is 6. The number of hydrogen-bond donors (Lipinski definition) is 0. The smallest absolute Gasteiger partial charge is 0.319 e. The highest BCUT2D eigenvalue weighted by atomic mass is 16.6. The molecule has 2 unspecified atom stereocenters. The fourth-order valence-electron chi connectivity index (χ4n) is 2.58. The van der Waals surface area contributed by atoms with Crippen LogP contribution in [0.25, 0.3) is 0 Å². The Morgan fingerprint density at radius 3 is 2.67 bits per heavy atom. The number of rotatable bonds is 4. The third kappa shape index (κ3) is 3.43. The van der Waals surface area contributed by atoms with E-state index in [0.29, 0.717) is 11.7 Å². The average molecular weight is 294 g/mol. The molecule has 1 saturated heterocycles. The number of ether oxygens (including phenoxy) is 2. The first kappa shape index (κ1) is 14.5. The van der Waals surface area contributed by atoms with Gasteiger partial charge in [0.1, 0.15) is 17.6 Å². The zero-order chi connectivity index (χ0) is 15.0. The molecule has 0 aromatic carbocycles. The Hall–Kier alpha value is -1.43. The van der Waals surface area contributed by atoms with Gasteiger partial charge >= 0.3 is 5.97 Å². The number of aromatic nitrogens is 2. The van der Waals surface area contributed by atoms with Crippen molar-refractivity contribution in [2.45, 2.75) is 64.1 Å². The molecule has 0 spiro atoms. The van der Waals surface area contributed by atoms with Crippen molar-refractivity contribution in [2.24, 2.45) is 5.92 Å². The first-order valence-corrected chi connectivity index (χ1v) is 7.62. The molecule has 3 rings (SSSR count). The van der Waals surface area contributed by atoms with Gasteiger partial charge in [-0.15, -0.1) is 0 Å². The summed E-state index contributed by atoms with van der Waals surface area (Å²) in [5.41, 5.74) is -0.512. The second kappa shape index (κ2) is 5.40. The summed E-state index contributed by atoms with van der Waals surface area (Å²) in [6.07, 6.45) is 3.82. The lowest BCUT2D eigenvalue weighted by Crippen LogP contribution is -2.28. The molecule has 1 aliphatic carbocycles. The van der Waals surface area contributed by atoms with Crippen LogP contribution in [0.1, 0.15) is 70.2 Å². The highest BCUT2D eigenvalue weighted by molar-refractivity contribution is 5.78. The quantitative estimate of drug-likeness (QED) is 0.795. The van der Waals surface area contributed by atoms with Crippen LogP contribution >= 0.6 is 0 Å². The lowest BCUT2D eigenvalue weighted by Gasteiger charge is -2.22. The van der Waals surface area contributed by atoms with Crippen LogP contribution in [0.2, 0.25) is 0 Å². The molecule has 21 heavy (non-hydrogen) atoms. The predicted octanol–water partition coefficient (Wildman–Crippen LogP) is 2.76. The maximum Gasteiger partial charge on any atom is 0.319 e. The maximum absolute atomic E-state index is 12.4. The van der Waals surface area contributed by atoms with Crippen LogP contribution < -0.4 is 0 Å². The van der Waals surface area contributed by atoms with Gasteiger partial charge in [-0.1, -0.05) is 5.16 Å². The molecule has 1 saturated carbocycles. The van der Waals surface area contributed by atoms with E-state index in [-0.39, 0.29) is 18.0 Å². The Morgan fingerprint density at radius 1 is 1.33 bits per heavy atom. The number of carbonyl (C=O) groups is 1. The first-order chi connectivity index (χ1) is 9.94. The van der Waals surface area contributed by atoms with Crippen molar-refractivity contribution in [2.75, 3.05) is 6.61 Å². The van der Waals surface area contributed by atoms with Gasteiger partial charge in [0.2, 0.25) is 11.7 Å². The van der Waals surface area contributed by atoms with Gasteiger partial charge in [0.25, 0.3) is 0 Å². The van der Waals surface area contributed by atoms with E-state index in [9.17, 15) is 4.79 Å². The second-order valence-corrected chi connectivity index (χ2v) is 6.84. The third-order valence-electron chi connectivity index (χ3n) is 3.70. The molecule has 1 aliphatic heterocycles. The van der Waals surface area contributed by atoms with Gasteiger partial charge in [-0.3, -0.25) is 4.79 Å². The zero-order valence-corrected chi connectivity index (χ0v) is 12.8. The van der Waals surface area contributed by atoms with Crippen LogP contribution in [-0.2, 0) is 14.3 Å². The Bertz CT molecular complexity index is 510. The van der Waals surface area contributed by atoms with E-state index in [1.807, 2.05) is 20.8 Å². The highest BCUT2D eigenvalue weighted by Gasteiger charge is 2.43. The summed E-state index contributed by atoms with van der Waals surface area (Å²) in [5, 5.41) is 3.99. The van der Waals surface area contributed by atoms with Crippen molar-refractivity contribution in [3.63, 3.8) is 0 Å². The van der Waals surface area contributed by atoms with Gasteiger partial charge in [-0.25, -0.2) is 0 Å². The largest absolute Gasteiger partial charge is 0.459 e. The number of esters is 1. The molecule has 2 aliphatic rings. The van der Waals surface area contributed by atoms with E-state index < -0.39 is 11.5 Å². The minimum Gasteiger partial charge on any atom is -0.459 e. The molecule has 1 aromatic heterocycles. The maximum atomic E-state index is 12.4. The molecular weight excluding hydrogens is 272 g/mol. The molecule has 0 N–H and O–H groups in total. The van der Waals surface area contributed by atoms with Gasteiger partial charge in [-0.05, 0) is 52.4 Å². The van der Waals surface area contributed by atoms with Crippen molar-refractivity contribution < 1.29 is 18.8 Å². The molecule has 2 fully saturated rings. The van der Waals surface area contributed by atoms with Gasteiger partial charge in [0, 0.05) is 6.61 Å². The first-order valence-electron chi connectivity index (χ1n) is 7.62.